The SMILES string of the molecule is N#CCNCCNCC#N. The monoisotopic (exact) mass is 138 g/mol. The smallest absolute Gasteiger partial charge is 0.0841 e. The Kier molecular flexibility index (Phi) is 7.03. The fourth-order valence-corrected chi connectivity index (χ4v) is 0.465. The molecule has 0 bridgehead atoms. The lowest BCUT2D eigenvalue weighted by molar-refractivity contribution is 0.673. The van der Waals surface area contributed by atoms with E-state index in [1.54, 1.807) is 0 Å². The van der Waals surface area contributed by atoms with Crippen LogP contribution in [0.4, 0.5) is 0 Å². The molecule has 0 aromatic rings. The van der Waals surface area contributed by atoms with Crippen molar-refractivity contribution in [1.29, 1.82) is 10.5 Å². The maximum Gasteiger partial charge on any atom is 0.0841 e. The Morgan fingerprint density at radius 2 is 1.30 bits per heavy atom. The summed E-state index contributed by atoms with van der Waals surface area (Å²) < 4.78 is 0. The van der Waals surface area contributed by atoms with Gasteiger partial charge in [0.2, 0.25) is 0 Å². The Bertz CT molecular complexity index is 123. The fourth-order valence-electron chi connectivity index (χ4n) is 0.465. The first-order valence-corrected chi connectivity index (χ1v) is 3.07. The summed E-state index contributed by atoms with van der Waals surface area (Å²) in [6.07, 6.45) is 0. The third-order valence-corrected chi connectivity index (χ3v) is 0.887. The Labute approximate surface area is 60.4 Å². The molecule has 0 aliphatic rings. The third kappa shape index (κ3) is 6.90. The van der Waals surface area contributed by atoms with Crippen molar-refractivity contribution < 1.29 is 0 Å². The molecule has 0 saturated carbocycles. The molecule has 54 valence electrons. The zero-order valence-electron chi connectivity index (χ0n) is 5.72. The molecule has 0 amide bonds. The van der Waals surface area contributed by atoms with Crippen LogP contribution in [0.5, 0.6) is 0 Å². The van der Waals surface area contributed by atoms with E-state index in [1.165, 1.54) is 0 Å². The summed E-state index contributed by atoms with van der Waals surface area (Å²) in [5.41, 5.74) is 0. The molecule has 0 saturated heterocycles. The van der Waals surface area contributed by atoms with Gasteiger partial charge in [-0.2, -0.15) is 10.5 Å². The van der Waals surface area contributed by atoms with Gasteiger partial charge in [0, 0.05) is 13.1 Å². The Morgan fingerprint density at radius 3 is 1.60 bits per heavy atom. The third-order valence-electron chi connectivity index (χ3n) is 0.887. The standard InChI is InChI=1S/C6H10N4/c7-1-3-9-5-6-10-4-2-8/h9-10H,3-6H2. The second-order valence-electron chi connectivity index (χ2n) is 1.67. The number of rotatable bonds is 5. The van der Waals surface area contributed by atoms with E-state index in [4.69, 9.17) is 10.5 Å². The van der Waals surface area contributed by atoms with E-state index >= 15 is 0 Å². The first kappa shape index (κ1) is 8.90. The van der Waals surface area contributed by atoms with Crippen LogP contribution in [0.15, 0.2) is 0 Å². The van der Waals surface area contributed by atoms with Gasteiger partial charge < -0.3 is 10.6 Å². The molecule has 0 radical (unpaired) electrons. The van der Waals surface area contributed by atoms with E-state index in [9.17, 15) is 0 Å². The van der Waals surface area contributed by atoms with Crippen molar-refractivity contribution in [3.63, 3.8) is 0 Å². The number of nitrogens with one attached hydrogen (secondary N) is 2. The van der Waals surface area contributed by atoms with Crippen LogP contribution < -0.4 is 10.6 Å². The van der Waals surface area contributed by atoms with Crippen molar-refractivity contribution in [2.24, 2.45) is 0 Å². The molecule has 2 N–H and O–H groups in total. The predicted octanol–water partition coefficient (Wildman–Crippen LogP) is -0.787. The molecule has 10 heavy (non-hydrogen) atoms. The first-order chi connectivity index (χ1) is 4.91. The summed E-state index contributed by atoms with van der Waals surface area (Å²) in [5, 5.41) is 21.9. The largest absolute Gasteiger partial charge is 0.303 e. The molecule has 4 nitrogen and oxygen atoms in total. The maximum atomic E-state index is 8.08. The van der Waals surface area contributed by atoms with E-state index in [2.05, 4.69) is 10.6 Å². The summed E-state index contributed by atoms with van der Waals surface area (Å²) >= 11 is 0. The van der Waals surface area contributed by atoms with Crippen molar-refractivity contribution in [3.8, 4) is 12.1 Å². The Balaban J connectivity index is 2.80. The number of hydrogen-bond donors (Lipinski definition) is 2. The molecule has 0 aliphatic carbocycles. The van der Waals surface area contributed by atoms with Crippen molar-refractivity contribution in [2.75, 3.05) is 26.2 Å². The highest BCUT2D eigenvalue weighted by Gasteiger charge is 1.83. The van der Waals surface area contributed by atoms with Crippen LogP contribution in [0.1, 0.15) is 0 Å². The van der Waals surface area contributed by atoms with Gasteiger partial charge in [-0.15, -0.1) is 0 Å². The lowest BCUT2D eigenvalue weighted by atomic mass is 10.5. The van der Waals surface area contributed by atoms with E-state index in [-0.39, 0.29) is 0 Å². The van der Waals surface area contributed by atoms with Crippen molar-refractivity contribution in [2.45, 2.75) is 0 Å². The minimum absolute atomic E-state index is 0.369. The van der Waals surface area contributed by atoms with Gasteiger partial charge in [-0.25, -0.2) is 0 Å². The maximum absolute atomic E-state index is 8.08. The highest BCUT2D eigenvalue weighted by molar-refractivity contribution is 4.75. The van der Waals surface area contributed by atoms with Gasteiger partial charge in [0.05, 0.1) is 25.2 Å². The summed E-state index contributed by atoms with van der Waals surface area (Å²) in [7, 11) is 0. The predicted molar refractivity (Wildman–Crippen MR) is 37.0 cm³/mol. The second kappa shape index (κ2) is 7.90. The summed E-state index contributed by atoms with van der Waals surface area (Å²) in [4.78, 5) is 0. The first-order valence-electron chi connectivity index (χ1n) is 3.07. The highest BCUT2D eigenvalue weighted by Crippen LogP contribution is 1.57. The van der Waals surface area contributed by atoms with Crippen molar-refractivity contribution >= 4 is 0 Å². The molecule has 0 fully saturated rings. The highest BCUT2D eigenvalue weighted by atomic mass is 14.9. The van der Waals surface area contributed by atoms with Crippen LogP contribution >= 0.6 is 0 Å². The van der Waals surface area contributed by atoms with E-state index < -0.39 is 0 Å². The molecule has 0 heterocycles. The molecule has 0 unspecified atom stereocenters. The van der Waals surface area contributed by atoms with Gasteiger partial charge >= 0.3 is 0 Å². The number of nitriles is 2. The molecule has 0 spiro atoms. The lowest BCUT2D eigenvalue weighted by Crippen LogP contribution is -2.27. The Hall–Kier alpha value is -1.10. The number of nitrogens with zero attached hydrogens (tertiary/aromatic N) is 2. The molecule has 0 aliphatic heterocycles. The fraction of sp³-hybridized carbons (Fsp3) is 0.667. The second-order valence-corrected chi connectivity index (χ2v) is 1.67. The average Bonchev–Trinajstić information content (AvgIpc) is 1.97. The molecule has 0 aromatic carbocycles. The minimum Gasteiger partial charge on any atom is -0.303 e. The molecular formula is C6H10N4. The van der Waals surface area contributed by atoms with Crippen LogP contribution in [0, 0.1) is 22.7 Å². The van der Waals surface area contributed by atoms with Gasteiger partial charge in [0.25, 0.3) is 0 Å². The topological polar surface area (TPSA) is 71.6 Å². The number of hydrogen-bond acceptors (Lipinski definition) is 4. The lowest BCUT2D eigenvalue weighted by Gasteiger charge is -1.97. The molecule has 0 rings (SSSR count). The van der Waals surface area contributed by atoms with Gasteiger partial charge in [-0.3, -0.25) is 0 Å². The van der Waals surface area contributed by atoms with Crippen molar-refractivity contribution in [3.05, 3.63) is 0 Å². The molecule has 4 heteroatoms. The van der Waals surface area contributed by atoms with Gasteiger partial charge in [-0.05, 0) is 0 Å². The zero-order chi connectivity index (χ0) is 7.66. The summed E-state index contributed by atoms with van der Waals surface area (Å²) in [5.74, 6) is 0. The van der Waals surface area contributed by atoms with Crippen LogP contribution in [0.25, 0.3) is 0 Å². The minimum atomic E-state index is 0.369. The normalized spacial score (nSPS) is 8.20. The van der Waals surface area contributed by atoms with Crippen LogP contribution in [0.3, 0.4) is 0 Å². The van der Waals surface area contributed by atoms with Gasteiger partial charge in [0.15, 0.2) is 0 Å². The van der Waals surface area contributed by atoms with Crippen LogP contribution in [-0.4, -0.2) is 26.2 Å². The van der Waals surface area contributed by atoms with Gasteiger partial charge in [-0.1, -0.05) is 0 Å². The average molecular weight is 138 g/mol. The van der Waals surface area contributed by atoms with Crippen molar-refractivity contribution in [1.82, 2.24) is 10.6 Å². The van der Waals surface area contributed by atoms with E-state index in [1.807, 2.05) is 12.1 Å². The summed E-state index contributed by atoms with van der Waals surface area (Å²) in [6.45, 7) is 2.20. The molecule has 0 aromatic heterocycles. The zero-order valence-corrected chi connectivity index (χ0v) is 5.72. The molecule has 0 atom stereocenters. The van der Waals surface area contributed by atoms with Crippen LogP contribution in [0.2, 0.25) is 0 Å². The van der Waals surface area contributed by atoms with Gasteiger partial charge in [0.1, 0.15) is 0 Å². The molecular weight excluding hydrogens is 128 g/mol. The van der Waals surface area contributed by atoms with Crippen LogP contribution in [-0.2, 0) is 0 Å². The van der Waals surface area contributed by atoms with E-state index in [0.717, 1.165) is 13.1 Å². The Morgan fingerprint density at radius 1 is 0.900 bits per heavy atom. The quantitative estimate of drug-likeness (QED) is 0.386. The summed E-state index contributed by atoms with van der Waals surface area (Å²) in [6, 6.07) is 3.91. The van der Waals surface area contributed by atoms with E-state index in [0.29, 0.717) is 13.1 Å².